The van der Waals surface area contributed by atoms with E-state index in [2.05, 4.69) is 5.10 Å². The van der Waals surface area contributed by atoms with Crippen molar-refractivity contribution in [1.29, 1.82) is 0 Å². The summed E-state index contributed by atoms with van der Waals surface area (Å²) < 4.78 is 1.65. The van der Waals surface area contributed by atoms with Gasteiger partial charge in [0.2, 0.25) is 0 Å². The topological polar surface area (TPSA) is 87.7 Å². The van der Waals surface area contributed by atoms with Crippen molar-refractivity contribution in [3.63, 3.8) is 0 Å². The van der Waals surface area contributed by atoms with Crippen molar-refractivity contribution in [2.45, 2.75) is 13.5 Å². The van der Waals surface area contributed by atoms with Crippen LogP contribution in [0.5, 0.6) is 0 Å². The molecule has 0 bridgehead atoms. The van der Waals surface area contributed by atoms with Gasteiger partial charge in [-0.1, -0.05) is 0 Å². The first kappa shape index (κ1) is 15.1. The number of hydrogen-bond acceptors (Lipinski definition) is 4. The number of nitrogen functional groups attached to an aromatic ring is 1. The lowest BCUT2D eigenvalue weighted by Gasteiger charge is -2.35. The number of rotatable bonds is 2. The minimum atomic E-state index is -0.170. The van der Waals surface area contributed by atoms with Gasteiger partial charge in [0.25, 0.3) is 5.91 Å². The van der Waals surface area contributed by atoms with Crippen molar-refractivity contribution in [1.82, 2.24) is 24.5 Å². The van der Waals surface area contributed by atoms with Crippen molar-refractivity contribution in [3.05, 3.63) is 11.9 Å². The van der Waals surface area contributed by atoms with Crippen molar-refractivity contribution < 1.29 is 9.59 Å². The van der Waals surface area contributed by atoms with Gasteiger partial charge in [0, 0.05) is 53.0 Å². The second-order valence-corrected chi connectivity index (χ2v) is 5.24. The molecule has 1 saturated heterocycles. The predicted molar refractivity (Wildman–Crippen MR) is 78.9 cm³/mol. The number of nitrogens with two attached hydrogens (primary N) is 1. The molecule has 1 fully saturated rings. The number of piperazine rings is 1. The van der Waals surface area contributed by atoms with Gasteiger partial charge in [-0.25, -0.2) is 4.79 Å². The number of carbonyl (C=O) groups excluding carboxylic acids is 2. The minimum absolute atomic E-state index is 0.0307. The van der Waals surface area contributed by atoms with Crippen molar-refractivity contribution in [2.75, 3.05) is 46.0 Å². The van der Waals surface area contributed by atoms with Crippen LogP contribution in [0.25, 0.3) is 0 Å². The maximum absolute atomic E-state index is 12.4. The van der Waals surface area contributed by atoms with Crippen molar-refractivity contribution in [3.8, 4) is 0 Å². The van der Waals surface area contributed by atoms with E-state index in [1.165, 1.54) is 0 Å². The number of aryl methyl sites for hydroxylation is 1. The lowest BCUT2D eigenvalue weighted by Crippen LogP contribution is -2.53. The summed E-state index contributed by atoms with van der Waals surface area (Å²) in [5.41, 5.74) is 6.53. The molecule has 3 amide bonds. The standard InChI is InChI=1S/C13H22N6O2/c1-4-19-9-10(14)11(15-19)12(20)17-5-7-18(8-6-17)13(21)16(2)3/h9H,4-8,14H2,1-3H3. The van der Waals surface area contributed by atoms with Gasteiger partial charge >= 0.3 is 6.03 Å². The molecule has 0 unspecified atom stereocenters. The first-order valence-corrected chi connectivity index (χ1v) is 7.02. The summed E-state index contributed by atoms with van der Waals surface area (Å²) in [5.74, 6) is -0.170. The lowest BCUT2D eigenvalue weighted by molar-refractivity contribution is 0.0644. The molecular formula is C13H22N6O2. The van der Waals surface area contributed by atoms with Crippen LogP contribution in [0.2, 0.25) is 0 Å². The second kappa shape index (κ2) is 6.02. The van der Waals surface area contributed by atoms with Crippen LogP contribution in [-0.2, 0) is 6.54 Å². The van der Waals surface area contributed by atoms with Gasteiger partial charge in [0.05, 0.1) is 5.69 Å². The number of urea groups is 1. The fourth-order valence-electron chi connectivity index (χ4n) is 2.30. The molecule has 0 spiro atoms. The van der Waals surface area contributed by atoms with E-state index in [0.717, 1.165) is 0 Å². The third-order valence-corrected chi connectivity index (χ3v) is 3.54. The Bertz CT molecular complexity index is 531. The second-order valence-electron chi connectivity index (χ2n) is 5.24. The van der Waals surface area contributed by atoms with Crippen LogP contribution in [0.3, 0.4) is 0 Å². The Hall–Kier alpha value is -2.25. The number of carbonyl (C=O) groups is 2. The zero-order chi connectivity index (χ0) is 15.6. The maximum atomic E-state index is 12.4. The van der Waals surface area contributed by atoms with E-state index in [1.54, 1.807) is 39.7 Å². The van der Waals surface area contributed by atoms with Crippen LogP contribution in [0.15, 0.2) is 6.20 Å². The molecule has 21 heavy (non-hydrogen) atoms. The molecule has 2 rings (SSSR count). The highest BCUT2D eigenvalue weighted by Crippen LogP contribution is 2.14. The average Bonchev–Trinajstić information content (AvgIpc) is 2.87. The number of aromatic nitrogens is 2. The number of nitrogens with zero attached hydrogens (tertiary/aromatic N) is 5. The molecule has 8 nitrogen and oxygen atoms in total. The van der Waals surface area contributed by atoms with Gasteiger partial charge < -0.3 is 20.4 Å². The molecule has 0 aliphatic carbocycles. The van der Waals surface area contributed by atoms with E-state index < -0.39 is 0 Å². The Kier molecular flexibility index (Phi) is 4.35. The van der Waals surface area contributed by atoms with Gasteiger partial charge in [0.1, 0.15) is 0 Å². The first-order valence-electron chi connectivity index (χ1n) is 7.02. The molecule has 116 valence electrons. The molecule has 0 aromatic carbocycles. The monoisotopic (exact) mass is 294 g/mol. The molecule has 0 saturated carbocycles. The first-order chi connectivity index (χ1) is 9.93. The molecule has 1 aliphatic heterocycles. The zero-order valence-electron chi connectivity index (χ0n) is 12.7. The third-order valence-electron chi connectivity index (χ3n) is 3.54. The fraction of sp³-hybridized carbons (Fsp3) is 0.615. The Labute approximate surface area is 124 Å². The van der Waals surface area contributed by atoms with E-state index >= 15 is 0 Å². The summed E-state index contributed by atoms with van der Waals surface area (Å²) in [6.45, 7) is 4.65. The van der Waals surface area contributed by atoms with Crippen LogP contribution < -0.4 is 5.73 Å². The zero-order valence-corrected chi connectivity index (χ0v) is 12.7. The van der Waals surface area contributed by atoms with Gasteiger partial charge in [-0.3, -0.25) is 9.48 Å². The summed E-state index contributed by atoms with van der Waals surface area (Å²) in [7, 11) is 3.44. The SMILES string of the molecule is CCn1cc(N)c(C(=O)N2CCN(C(=O)N(C)C)CC2)n1. The summed E-state index contributed by atoms with van der Waals surface area (Å²) in [6.07, 6.45) is 1.67. The van der Waals surface area contributed by atoms with Crippen molar-refractivity contribution >= 4 is 17.6 Å². The maximum Gasteiger partial charge on any atom is 0.319 e. The molecule has 8 heteroatoms. The van der Waals surface area contributed by atoms with Gasteiger partial charge in [-0.15, -0.1) is 0 Å². The smallest absolute Gasteiger partial charge is 0.319 e. The normalized spacial score (nSPS) is 15.2. The van der Waals surface area contributed by atoms with Crippen LogP contribution in [-0.4, -0.2) is 76.7 Å². The number of hydrogen-bond donors (Lipinski definition) is 1. The van der Waals surface area contributed by atoms with Crippen molar-refractivity contribution in [2.24, 2.45) is 0 Å². The highest BCUT2D eigenvalue weighted by Gasteiger charge is 2.27. The number of amides is 3. The minimum Gasteiger partial charge on any atom is -0.396 e. The van der Waals surface area contributed by atoms with Gasteiger partial charge in [-0.2, -0.15) is 5.10 Å². The Morgan fingerprint density at radius 2 is 1.81 bits per heavy atom. The Morgan fingerprint density at radius 1 is 1.24 bits per heavy atom. The van der Waals surface area contributed by atoms with E-state index in [-0.39, 0.29) is 11.9 Å². The highest BCUT2D eigenvalue weighted by atomic mass is 16.2. The van der Waals surface area contributed by atoms with Gasteiger partial charge in [-0.05, 0) is 6.92 Å². The number of anilines is 1. The summed E-state index contributed by atoms with van der Waals surface area (Å²) >= 11 is 0. The van der Waals surface area contributed by atoms with Gasteiger partial charge in [0.15, 0.2) is 5.69 Å². The molecule has 1 aromatic heterocycles. The molecule has 0 radical (unpaired) electrons. The highest BCUT2D eigenvalue weighted by molar-refractivity contribution is 5.97. The predicted octanol–water partition coefficient (Wildman–Crippen LogP) is -0.0754. The summed E-state index contributed by atoms with van der Waals surface area (Å²) in [5, 5.41) is 4.20. The van der Waals surface area contributed by atoms with E-state index in [9.17, 15) is 9.59 Å². The molecule has 0 atom stereocenters. The Morgan fingerprint density at radius 3 is 2.29 bits per heavy atom. The molecule has 2 heterocycles. The Balaban J connectivity index is 2.00. The molecule has 2 N–H and O–H groups in total. The van der Waals surface area contributed by atoms with E-state index in [0.29, 0.717) is 44.1 Å². The summed E-state index contributed by atoms with van der Waals surface area (Å²) in [6, 6.07) is -0.0307. The van der Waals surface area contributed by atoms with Crippen LogP contribution in [0, 0.1) is 0 Å². The van der Waals surface area contributed by atoms with Crippen LogP contribution in [0.1, 0.15) is 17.4 Å². The lowest BCUT2D eigenvalue weighted by atomic mass is 10.2. The fourth-order valence-corrected chi connectivity index (χ4v) is 2.30. The quantitative estimate of drug-likeness (QED) is 0.826. The largest absolute Gasteiger partial charge is 0.396 e. The van der Waals surface area contributed by atoms with Crippen LogP contribution >= 0.6 is 0 Å². The third kappa shape index (κ3) is 3.09. The van der Waals surface area contributed by atoms with E-state index in [4.69, 9.17) is 5.73 Å². The molecule has 1 aromatic rings. The average molecular weight is 294 g/mol. The van der Waals surface area contributed by atoms with E-state index in [1.807, 2.05) is 6.92 Å². The summed E-state index contributed by atoms with van der Waals surface area (Å²) in [4.78, 5) is 29.2. The molecular weight excluding hydrogens is 272 g/mol. The van der Waals surface area contributed by atoms with Crippen LogP contribution in [0.4, 0.5) is 10.5 Å². The molecule has 1 aliphatic rings.